The van der Waals surface area contributed by atoms with Crippen LogP contribution in [-0.4, -0.2) is 28.0 Å². The normalized spacial score (nSPS) is 10.2. The predicted octanol–water partition coefficient (Wildman–Crippen LogP) is 1.71. The Morgan fingerprint density at radius 1 is 1.47 bits per heavy atom. The van der Waals surface area contributed by atoms with Gasteiger partial charge in [-0.2, -0.15) is 5.10 Å². The third kappa shape index (κ3) is 2.85. The molecule has 2 aromatic rings. The molecule has 0 saturated heterocycles. The summed E-state index contributed by atoms with van der Waals surface area (Å²) < 4.78 is 12.3. The van der Waals surface area contributed by atoms with E-state index >= 15 is 0 Å². The van der Waals surface area contributed by atoms with E-state index in [4.69, 9.17) is 14.6 Å². The first kappa shape index (κ1) is 12.9. The zero-order valence-electron chi connectivity index (χ0n) is 10.7. The van der Waals surface area contributed by atoms with Crippen molar-refractivity contribution in [3.05, 3.63) is 41.7 Å². The summed E-state index contributed by atoms with van der Waals surface area (Å²) in [6.45, 7) is 0.231. The Bertz CT molecular complexity index is 592. The van der Waals surface area contributed by atoms with Gasteiger partial charge >= 0.3 is 5.97 Å². The first-order chi connectivity index (χ1) is 9.11. The van der Waals surface area contributed by atoms with Crippen LogP contribution in [0.1, 0.15) is 15.9 Å². The standard InChI is InChI=1S/C13H14N2O4/c1-15-7-9(6-14-15)8-19-12-10(13(16)17)4-3-5-11(12)18-2/h3-7H,8H2,1-2H3,(H,16,17). The number of carboxylic acids is 1. The number of nitrogens with zero attached hydrogens (tertiary/aromatic N) is 2. The summed E-state index contributed by atoms with van der Waals surface area (Å²) in [5.74, 6) is -0.440. The molecule has 6 heteroatoms. The highest BCUT2D eigenvalue weighted by Gasteiger charge is 2.16. The fourth-order valence-electron chi connectivity index (χ4n) is 1.70. The van der Waals surface area contributed by atoms with E-state index in [9.17, 15) is 4.79 Å². The van der Waals surface area contributed by atoms with Gasteiger partial charge in [-0.05, 0) is 12.1 Å². The minimum absolute atomic E-state index is 0.0724. The first-order valence-electron chi connectivity index (χ1n) is 5.62. The van der Waals surface area contributed by atoms with Gasteiger partial charge in [-0.15, -0.1) is 0 Å². The number of aromatic carboxylic acids is 1. The molecule has 0 radical (unpaired) electrons. The topological polar surface area (TPSA) is 73.6 Å². The van der Waals surface area contributed by atoms with E-state index in [1.165, 1.54) is 13.2 Å². The second-order valence-electron chi connectivity index (χ2n) is 3.95. The highest BCUT2D eigenvalue weighted by molar-refractivity contribution is 5.92. The van der Waals surface area contributed by atoms with Gasteiger partial charge in [0.25, 0.3) is 0 Å². The van der Waals surface area contributed by atoms with Crippen LogP contribution in [-0.2, 0) is 13.7 Å². The summed E-state index contributed by atoms with van der Waals surface area (Å²) in [7, 11) is 3.27. The number of rotatable bonds is 5. The fraction of sp³-hybridized carbons (Fsp3) is 0.231. The fourth-order valence-corrected chi connectivity index (χ4v) is 1.70. The number of carboxylic acid groups (broad SMARTS) is 1. The molecule has 0 fully saturated rings. The lowest BCUT2D eigenvalue weighted by molar-refractivity contribution is 0.0691. The maximum absolute atomic E-state index is 11.2. The van der Waals surface area contributed by atoms with Crippen LogP contribution < -0.4 is 9.47 Å². The summed E-state index contributed by atoms with van der Waals surface area (Å²) in [5.41, 5.74) is 0.924. The zero-order valence-corrected chi connectivity index (χ0v) is 10.7. The van der Waals surface area contributed by atoms with Crippen molar-refractivity contribution in [2.75, 3.05) is 7.11 Å². The average Bonchev–Trinajstić information content (AvgIpc) is 2.81. The number of hydrogen-bond acceptors (Lipinski definition) is 4. The van der Waals surface area contributed by atoms with Crippen molar-refractivity contribution in [1.29, 1.82) is 0 Å². The van der Waals surface area contributed by atoms with Crippen molar-refractivity contribution in [2.45, 2.75) is 6.61 Å². The first-order valence-corrected chi connectivity index (χ1v) is 5.62. The number of aryl methyl sites for hydroxylation is 1. The number of ether oxygens (including phenoxy) is 2. The highest BCUT2D eigenvalue weighted by Crippen LogP contribution is 2.31. The monoisotopic (exact) mass is 262 g/mol. The Morgan fingerprint density at radius 3 is 2.84 bits per heavy atom. The van der Waals surface area contributed by atoms with E-state index in [-0.39, 0.29) is 17.9 Å². The molecule has 1 aromatic carbocycles. The molecule has 0 spiro atoms. The van der Waals surface area contributed by atoms with Crippen LogP contribution in [0.4, 0.5) is 0 Å². The van der Waals surface area contributed by atoms with Crippen LogP contribution in [0.3, 0.4) is 0 Å². The molecule has 1 aromatic heterocycles. The van der Waals surface area contributed by atoms with E-state index < -0.39 is 5.97 Å². The molecule has 0 saturated carbocycles. The Kier molecular flexibility index (Phi) is 3.70. The summed E-state index contributed by atoms with van der Waals surface area (Å²) in [4.78, 5) is 11.2. The van der Waals surface area contributed by atoms with Gasteiger partial charge in [-0.25, -0.2) is 4.79 Å². The second-order valence-corrected chi connectivity index (χ2v) is 3.95. The number of hydrogen-bond donors (Lipinski definition) is 1. The van der Waals surface area contributed by atoms with Gasteiger partial charge < -0.3 is 14.6 Å². The van der Waals surface area contributed by atoms with E-state index in [0.717, 1.165) is 5.56 Å². The van der Waals surface area contributed by atoms with Crippen molar-refractivity contribution in [3.8, 4) is 11.5 Å². The molecule has 19 heavy (non-hydrogen) atoms. The van der Waals surface area contributed by atoms with E-state index in [1.807, 2.05) is 0 Å². The predicted molar refractivity (Wildman–Crippen MR) is 67.5 cm³/mol. The Balaban J connectivity index is 2.25. The van der Waals surface area contributed by atoms with E-state index in [0.29, 0.717) is 5.75 Å². The molecule has 1 heterocycles. The maximum Gasteiger partial charge on any atom is 0.339 e. The Labute approximate surface area is 110 Å². The van der Waals surface area contributed by atoms with E-state index in [1.54, 1.807) is 36.3 Å². The maximum atomic E-state index is 11.2. The molecular weight excluding hydrogens is 248 g/mol. The van der Waals surface area contributed by atoms with Crippen LogP contribution in [0.5, 0.6) is 11.5 Å². The second kappa shape index (κ2) is 5.43. The minimum atomic E-state index is -1.06. The lowest BCUT2D eigenvalue weighted by atomic mass is 10.2. The lowest BCUT2D eigenvalue weighted by Gasteiger charge is -2.12. The summed E-state index contributed by atoms with van der Waals surface area (Å²) >= 11 is 0. The SMILES string of the molecule is COc1cccc(C(=O)O)c1OCc1cnn(C)c1. The summed E-state index contributed by atoms with van der Waals surface area (Å²) in [6, 6.07) is 4.74. The molecular formula is C13H14N2O4. The number of carbonyl (C=O) groups is 1. The highest BCUT2D eigenvalue weighted by atomic mass is 16.5. The molecule has 0 aliphatic rings. The Hall–Kier alpha value is -2.50. The van der Waals surface area contributed by atoms with Crippen molar-refractivity contribution < 1.29 is 19.4 Å². The van der Waals surface area contributed by atoms with Crippen molar-refractivity contribution in [1.82, 2.24) is 9.78 Å². The van der Waals surface area contributed by atoms with Crippen molar-refractivity contribution >= 4 is 5.97 Å². The van der Waals surface area contributed by atoms with Gasteiger partial charge in [-0.3, -0.25) is 4.68 Å². The molecule has 0 unspecified atom stereocenters. The molecule has 100 valence electrons. The van der Waals surface area contributed by atoms with Crippen LogP contribution in [0.15, 0.2) is 30.6 Å². The number of methoxy groups -OCH3 is 1. The Morgan fingerprint density at radius 2 is 2.26 bits per heavy atom. The molecule has 0 amide bonds. The van der Waals surface area contributed by atoms with Crippen LogP contribution in [0.25, 0.3) is 0 Å². The molecule has 1 N–H and O–H groups in total. The third-order valence-electron chi connectivity index (χ3n) is 2.57. The number of aromatic nitrogens is 2. The zero-order chi connectivity index (χ0) is 13.8. The molecule has 6 nitrogen and oxygen atoms in total. The van der Waals surface area contributed by atoms with Crippen LogP contribution in [0.2, 0.25) is 0 Å². The van der Waals surface area contributed by atoms with Gasteiger partial charge in [0.1, 0.15) is 12.2 Å². The van der Waals surface area contributed by atoms with Gasteiger partial charge in [0.15, 0.2) is 11.5 Å². The molecule has 2 rings (SSSR count). The number of para-hydroxylation sites is 1. The molecule has 0 bridgehead atoms. The quantitative estimate of drug-likeness (QED) is 0.887. The molecule has 0 aliphatic carbocycles. The third-order valence-corrected chi connectivity index (χ3v) is 2.57. The van der Waals surface area contributed by atoms with Crippen molar-refractivity contribution in [3.63, 3.8) is 0 Å². The van der Waals surface area contributed by atoms with Gasteiger partial charge in [0.2, 0.25) is 0 Å². The lowest BCUT2D eigenvalue weighted by Crippen LogP contribution is -2.04. The number of benzene rings is 1. The van der Waals surface area contributed by atoms with E-state index in [2.05, 4.69) is 5.10 Å². The average molecular weight is 262 g/mol. The van der Waals surface area contributed by atoms with Gasteiger partial charge in [0.05, 0.1) is 13.3 Å². The smallest absolute Gasteiger partial charge is 0.339 e. The van der Waals surface area contributed by atoms with Gasteiger partial charge in [0, 0.05) is 18.8 Å². The van der Waals surface area contributed by atoms with Gasteiger partial charge in [-0.1, -0.05) is 6.07 Å². The molecule has 0 aliphatic heterocycles. The minimum Gasteiger partial charge on any atom is -0.493 e. The largest absolute Gasteiger partial charge is 0.493 e. The van der Waals surface area contributed by atoms with Crippen LogP contribution >= 0.6 is 0 Å². The van der Waals surface area contributed by atoms with Crippen molar-refractivity contribution in [2.24, 2.45) is 7.05 Å². The molecule has 0 atom stereocenters. The summed E-state index contributed by atoms with van der Waals surface area (Å²) in [6.07, 6.45) is 3.46. The summed E-state index contributed by atoms with van der Waals surface area (Å²) in [5, 5.41) is 13.2. The van der Waals surface area contributed by atoms with Crippen LogP contribution in [0, 0.1) is 0 Å².